The Morgan fingerprint density at radius 3 is 2.06 bits per heavy atom. The maximum absolute atomic E-state index is 13.6. The number of allylic oxidation sites excluding steroid dienone is 1. The minimum atomic E-state index is -0.773. The van der Waals surface area contributed by atoms with E-state index in [0.717, 1.165) is 10.1 Å². The number of methoxy groups -OCH3 is 3. The molecule has 1 unspecified atom stereocenters. The molecular weight excluding hydrogens is 438 g/mol. The Bertz CT molecular complexity index is 1500. The fourth-order valence-corrected chi connectivity index (χ4v) is 4.86. The number of fused-ring (bicyclic) bond motifs is 3. The molecule has 1 atom stereocenters. The third-order valence-corrected chi connectivity index (χ3v) is 6.50. The Hall–Kier alpha value is -4.27. The molecule has 2 aromatic carbocycles. The van der Waals surface area contributed by atoms with Gasteiger partial charge in [0.05, 0.1) is 32.6 Å². The van der Waals surface area contributed by atoms with Crippen LogP contribution in [0.3, 0.4) is 0 Å². The van der Waals surface area contributed by atoms with Gasteiger partial charge in [-0.25, -0.2) is 4.79 Å². The van der Waals surface area contributed by atoms with Crippen LogP contribution in [0.15, 0.2) is 51.6 Å². The van der Waals surface area contributed by atoms with Gasteiger partial charge in [-0.15, -0.1) is 0 Å². The van der Waals surface area contributed by atoms with Crippen molar-refractivity contribution in [3.05, 3.63) is 85.1 Å². The van der Waals surface area contributed by atoms with Gasteiger partial charge in [0.15, 0.2) is 17.3 Å². The van der Waals surface area contributed by atoms with Gasteiger partial charge in [0, 0.05) is 36.7 Å². The van der Waals surface area contributed by atoms with Crippen molar-refractivity contribution >= 4 is 17.3 Å². The molecule has 34 heavy (non-hydrogen) atoms. The molecular formula is C25H23N3O6. The maximum atomic E-state index is 13.6. The number of rotatable bonds is 4. The van der Waals surface area contributed by atoms with Crippen LogP contribution in [-0.4, -0.2) is 36.2 Å². The SMILES string of the molecule is COc1cc(C2C3=C(Nc4c2c(=O)n(C)c(=O)n4C)c2ccccc2C3=O)cc(OC)c1OC. The summed E-state index contributed by atoms with van der Waals surface area (Å²) in [5.74, 6) is 0.567. The Balaban J connectivity index is 1.89. The number of ketones is 1. The number of carbonyl (C=O) groups excluding carboxylic acids is 1. The molecule has 0 saturated carbocycles. The number of nitrogens with zero attached hydrogens (tertiary/aromatic N) is 2. The third kappa shape index (κ3) is 2.76. The summed E-state index contributed by atoms with van der Waals surface area (Å²) in [6.45, 7) is 0. The second kappa shape index (κ2) is 7.65. The highest BCUT2D eigenvalue weighted by molar-refractivity contribution is 6.23. The van der Waals surface area contributed by atoms with Crippen molar-refractivity contribution in [1.82, 2.24) is 9.13 Å². The molecule has 0 saturated heterocycles. The van der Waals surface area contributed by atoms with Crippen molar-refractivity contribution in [2.45, 2.75) is 5.92 Å². The van der Waals surface area contributed by atoms with Gasteiger partial charge in [0.1, 0.15) is 5.82 Å². The Morgan fingerprint density at radius 2 is 1.47 bits per heavy atom. The summed E-state index contributed by atoms with van der Waals surface area (Å²) in [5.41, 5.74) is 2.20. The van der Waals surface area contributed by atoms with Crippen LogP contribution in [0.2, 0.25) is 0 Å². The van der Waals surface area contributed by atoms with Crippen LogP contribution >= 0.6 is 0 Å². The Kier molecular flexibility index (Phi) is 4.85. The van der Waals surface area contributed by atoms with E-state index in [0.29, 0.717) is 51.0 Å². The van der Waals surface area contributed by atoms with Crippen LogP contribution in [0, 0.1) is 0 Å². The molecule has 9 heteroatoms. The van der Waals surface area contributed by atoms with Gasteiger partial charge < -0.3 is 19.5 Å². The summed E-state index contributed by atoms with van der Waals surface area (Å²) in [6.07, 6.45) is 0. The molecule has 174 valence electrons. The summed E-state index contributed by atoms with van der Waals surface area (Å²) >= 11 is 0. The lowest BCUT2D eigenvalue weighted by atomic mass is 9.81. The molecule has 1 aliphatic carbocycles. The predicted octanol–water partition coefficient (Wildman–Crippen LogP) is 2.27. The highest BCUT2D eigenvalue weighted by atomic mass is 16.5. The lowest BCUT2D eigenvalue weighted by molar-refractivity contribution is 0.103. The molecule has 0 radical (unpaired) electrons. The first-order valence-corrected chi connectivity index (χ1v) is 10.6. The zero-order valence-electron chi connectivity index (χ0n) is 19.4. The summed E-state index contributed by atoms with van der Waals surface area (Å²) < 4.78 is 19.0. The average Bonchev–Trinajstić information content (AvgIpc) is 3.15. The van der Waals surface area contributed by atoms with Crippen LogP contribution in [0.25, 0.3) is 5.70 Å². The van der Waals surface area contributed by atoms with Crippen LogP contribution in [0.1, 0.15) is 33.0 Å². The van der Waals surface area contributed by atoms with Crippen molar-refractivity contribution in [3.63, 3.8) is 0 Å². The lowest BCUT2D eigenvalue weighted by Gasteiger charge is -2.30. The molecule has 1 aromatic heterocycles. The van der Waals surface area contributed by atoms with Crippen LogP contribution < -0.4 is 30.8 Å². The smallest absolute Gasteiger partial charge is 0.332 e. The number of anilines is 1. The molecule has 0 fully saturated rings. The molecule has 2 heterocycles. The van der Waals surface area contributed by atoms with Crippen molar-refractivity contribution < 1.29 is 19.0 Å². The first kappa shape index (κ1) is 21.6. The molecule has 1 N–H and O–H groups in total. The van der Waals surface area contributed by atoms with Crippen molar-refractivity contribution in [2.75, 3.05) is 26.6 Å². The van der Waals surface area contributed by atoms with E-state index in [1.165, 1.54) is 32.9 Å². The van der Waals surface area contributed by atoms with Crippen molar-refractivity contribution in [2.24, 2.45) is 14.1 Å². The number of hydrogen-bond donors (Lipinski definition) is 1. The van der Waals surface area contributed by atoms with E-state index in [1.807, 2.05) is 12.1 Å². The number of carbonyl (C=O) groups is 1. The molecule has 9 nitrogen and oxygen atoms in total. The molecule has 2 aliphatic rings. The molecule has 0 amide bonds. The highest BCUT2D eigenvalue weighted by Crippen LogP contribution is 2.50. The summed E-state index contributed by atoms with van der Waals surface area (Å²) in [6, 6.07) is 10.7. The third-order valence-electron chi connectivity index (χ3n) is 6.50. The van der Waals surface area contributed by atoms with Gasteiger partial charge in [-0.2, -0.15) is 0 Å². The maximum Gasteiger partial charge on any atom is 0.332 e. The van der Waals surface area contributed by atoms with Crippen LogP contribution in [-0.2, 0) is 14.1 Å². The van der Waals surface area contributed by atoms with Gasteiger partial charge in [0.2, 0.25) is 5.75 Å². The van der Waals surface area contributed by atoms with Crippen LogP contribution in [0.5, 0.6) is 17.2 Å². The zero-order valence-corrected chi connectivity index (χ0v) is 19.4. The highest BCUT2D eigenvalue weighted by Gasteiger charge is 2.43. The van der Waals surface area contributed by atoms with E-state index in [9.17, 15) is 14.4 Å². The second-order valence-corrected chi connectivity index (χ2v) is 8.15. The van der Waals surface area contributed by atoms with Crippen molar-refractivity contribution in [1.29, 1.82) is 0 Å². The Labute approximate surface area is 194 Å². The second-order valence-electron chi connectivity index (χ2n) is 8.15. The molecule has 3 aromatic rings. The van der Waals surface area contributed by atoms with E-state index in [-0.39, 0.29) is 5.78 Å². The van der Waals surface area contributed by atoms with E-state index in [4.69, 9.17) is 14.2 Å². The van der Waals surface area contributed by atoms with Crippen LogP contribution in [0.4, 0.5) is 5.82 Å². The monoisotopic (exact) mass is 461 g/mol. The fourth-order valence-electron chi connectivity index (χ4n) is 4.86. The number of hydrogen-bond acceptors (Lipinski definition) is 7. The topological polar surface area (TPSA) is 101 Å². The lowest BCUT2D eigenvalue weighted by Crippen LogP contribution is -2.42. The number of ether oxygens (including phenoxy) is 3. The van der Waals surface area contributed by atoms with E-state index < -0.39 is 17.2 Å². The summed E-state index contributed by atoms with van der Waals surface area (Å²) in [4.78, 5) is 39.8. The molecule has 1 aliphatic heterocycles. The van der Waals surface area contributed by atoms with Gasteiger partial charge in [0.25, 0.3) is 5.56 Å². The number of Topliss-reactive ketones (excluding diaryl/α,β-unsaturated/α-hetero) is 1. The Morgan fingerprint density at radius 1 is 0.853 bits per heavy atom. The predicted molar refractivity (Wildman–Crippen MR) is 126 cm³/mol. The number of nitrogens with one attached hydrogen (secondary N) is 1. The fraction of sp³-hybridized carbons (Fsp3) is 0.240. The normalized spacial score (nSPS) is 15.9. The summed E-state index contributed by atoms with van der Waals surface area (Å²) in [5, 5.41) is 3.22. The molecule has 0 bridgehead atoms. The minimum Gasteiger partial charge on any atom is -0.493 e. The number of aromatic nitrogens is 2. The minimum absolute atomic E-state index is 0.182. The largest absolute Gasteiger partial charge is 0.493 e. The van der Waals surface area contributed by atoms with Gasteiger partial charge in [-0.3, -0.25) is 18.7 Å². The van der Waals surface area contributed by atoms with Crippen molar-refractivity contribution in [3.8, 4) is 17.2 Å². The van der Waals surface area contributed by atoms with E-state index in [1.54, 1.807) is 31.3 Å². The standard InChI is InChI=1S/C25H23N3O6/c1-27-23-19(24(30)28(2)25(27)31)17(12-10-15(32-3)22(34-5)16(11-12)33-4)18-20(26-23)13-8-6-7-9-14(13)21(18)29/h6-11,17,26H,1-5H3. The molecule has 5 rings (SSSR count). The van der Waals surface area contributed by atoms with Gasteiger partial charge in [-0.1, -0.05) is 24.3 Å². The molecule has 0 spiro atoms. The van der Waals surface area contributed by atoms with Gasteiger partial charge in [-0.05, 0) is 17.7 Å². The average molecular weight is 461 g/mol. The first-order valence-electron chi connectivity index (χ1n) is 10.6. The number of benzene rings is 2. The quantitative estimate of drug-likeness (QED) is 0.636. The van der Waals surface area contributed by atoms with Gasteiger partial charge >= 0.3 is 5.69 Å². The first-order chi connectivity index (χ1) is 16.3. The van der Waals surface area contributed by atoms with E-state index >= 15 is 0 Å². The van der Waals surface area contributed by atoms with E-state index in [2.05, 4.69) is 5.32 Å². The summed E-state index contributed by atoms with van der Waals surface area (Å²) in [7, 11) is 7.52. The zero-order chi connectivity index (χ0) is 24.3.